The summed E-state index contributed by atoms with van der Waals surface area (Å²) in [6.45, 7) is -0.577. The fourth-order valence-electron chi connectivity index (χ4n) is 2.62. The summed E-state index contributed by atoms with van der Waals surface area (Å²) in [7, 11) is 1.43. The third-order valence-electron chi connectivity index (χ3n) is 3.77. The van der Waals surface area contributed by atoms with E-state index < -0.39 is 12.6 Å². The number of benzene rings is 2. The van der Waals surface area contributed by atoms with Gasteiger partial charge in [0.05, 0.1) is 12.0 Å². The Bertz CT molecular complexity index is 1030. The maximum Gasteiger partial charge on any atom is 0.341 e. The highest BCUT2D eigenvalue weighted by atomic mass is 35.5. The van der Waals surface area contributed by atoms with Gasteiger partial charge in [-0.3, -0.25) is 4.79 Å². The molecule has 0 saturated carbocycles. The van der Waals surface area contributed by atoms with Crippen LogP contribution in [0, 0.1) is 0 Å². The second-order valence-corrected chi connectivity index (χ2v) is 8.38. The molecule has 1 saturated heterocycles. The van der Waals surface area contributed by atoms with Crippen LogP contribution in [0.25, 0.3) is 17.2 Å². The highest BCUT2D eigenvalue weighted by molar-refractivity contribution is 8.26. The Morgan fingerprint density at radius 1 is 1.21 bits per heavy atom. The number of methoxy groups -OCH3 is 1. The second-order valence-electron chi connectivity index (χ2n) is 5.79. The number of aliphatic carboxylic acids is 1. The van der Waals surface area contributed by atoms with Crippen LogP contribution in [0.2, 0.25) is 10.0 Å². The van der Waals surface area contributed by atoms with Crippen molar-refractivity contribution in [3.63, 3.8) is 0 Å². The molecule has 10 heteroatoms. The summed E-state index contributed by atoms with van der Waals surface area (Å²) >= 11 is 18.3. The lowest BCUT2D eigenvalue weighted by Crippen LogP contribution is -2.17. The Kier molecular flexibility index (Phi) is 6.69. The van der Waals surface area contributed by atoms with E-state index >= 15 is 0 Å². The Morgan fingerprint density at radius 2 is 1.86 bits per heavy atom. The Labute approximate surface area is 185 Å². The van der Waals surface area contributed by atoms with Crippen molar-refractivity contribution in [2.24, 2.45) is 0 Å². The molecule has 1 heterocycles. The molecule has 0 aromatic heterocycles. The molecule has 0 spiro atoms. The zero-order chi connectivity index (χ0) is 21.1. The van der Waals surface area contributed by atoms with E-state index in [9.17, 15) is 9.59 Å². The lowest BCUT2D eigenvalue weighted by Gasteiger charge is -2.15. The number of hydrogen-bond acceptors (Lipinski definition) is 6. The molecule has 150 valence electrons. The van der Waals surface area contributed by atoms with Crippen molar-refractivity contribution in [3.8, 4) is 22.6 Å². The van der Waals surface area contributed by atoms with E-state index in [-0.39, 0.29) is 17.4 Å². The number of ether oxygens (including phenoxy) is 2. The van der Waals surface area contributed by atoms with E-state index in [1.54, 1.807) is 36.4 Å². The van der Waals surface area contributed by atoms with Gasteiger partial charge < -0.3 is 19.9 Å². The highest BCUT2D eigenvalue weighted by Crippen LogP contribution is 2.40. The predicted octanol–water partition coefficient (Wildman–Crippen LogP) is 4.62. The molecule has 1 aliphatic heterocycles. The number of nitrogens with one attached hydrogen (secondary N) is 1. The summed E-state index contributed by atoms with van der Waals surface area (Å²) in [5.74, 6) is -1.02. The number of hydrogen-bond donors (Lipinski definition) is 2. The number of rotatable bonds is 6. The van der Waals surface area contributed by atoms with Gasteiger partial charge in [0, 0.05) is 15.6 Å². The van der Waals surface area contributed by atoms with Crippen molar-refractivity contribution in [1.29, 1.82) is 0 Å². The van der Waals surface area contributed by atoms with Crippen LogP contribution in [-0.2, 0) is 9.59 Å². The maximum atomic E-state index is 12.1. The fourth-order valence-corrected chi connectivity index (χ4v) is 4.18. The number of halogens is 2. The molecule has 0 bridgehead atoms. The number of thioether (sulfide) groups is 1. The van der Waals surface area contributed by atoms with E-state index in [1.165, 1.54) is 7.11 Å². The molecule has 0 unspecified atom stereocenters. The number of carbonyl (C=O) groups excluding carboxylic acids is 1. The molecular formula is C19H13Cl2NO5S2. The summed E-state index contributed by atoms with van der Waals surface area (Å²) in [5.41, 5.74) is 1.84. The minimum atomic E-state index is -1.15. The summed E-state index contributed by atoms with van der Waals surface area (Å²) in [4.78, 5) is 23.4. The lowest BCUT2D eigenvalue weighted by atomic mass is 10.0. The van der Waals surface area contributed by atoms with Gasteiger partial charge in [0.1, 0.15) is 4.32 Å². The van der Waals surface area contributed by atoms with Gasteiger partial charge >= 0.3 is 5.97 Å². The topological polar surface area (TPSA) is 84.9 Å². The smallest absolute Gasteiger partial charge is 0.341 e. The predicted molar refractivity (Wildman–Crippen MR) is 118 cm³/mol. The number of carbonyl (C=O) groups is 2. The van der Waals surface area contributed by atoms with Gasteiger partial charge in [-0.15, -0.1) is 0 Å². The molecule has 1 aliphatic rings. The van der Waals surface area contributed by atoms with Crippen LogP contribution in [0.5, 0.6) is 11.5 Å². The third-order valence-corrected chi connectivity index (χ3v) is 5.37. The Morgan fingerprint density at radius 3 is 2.41 bits per heavy atom. The highest BCUT2D eigenvalue weighted by Gasteiger charge is 2.24. The second kappa shape index (κ2) is 9.04. The van der Waals surface area contributed by atoms with Gasteiger partial charge in [-0.05, 0) is 47.5 Å². The van der Waals surface area contributed by atoms with Gasteiger partial charge in [-0.25, -0.2) is 4.79 Å². The Hall–Kier alpha value is -2.26. The number of carboxylic acids is 1. The fraction of sp³-hybridized carbons (Fsp3) is 0.105. The summed E-state index contributed by atoms with van der Waals surface area (Å²) in [6, 6.07) is 8.46. The molecule has 29 heavy (non-hydrogen) atoms. The molecule has 2 N–H and O–H groups in total. The molecule has 0 radical (unpaired) electrons. The summed E-state index contributed by atoms with van der Waals surface area (Å²) in [5, 5.41) is 12.4. The number of amides is 1. The van der Waals surface area contributed by atoms with Crippen LogP contribution >= 0.6 is 47.2 Å². The normalized spacial score (nSPS) is 14.8. The van der Waals surface area contributed by atoms with E-state index in [0.29, 0.717) is 36.0 Å². The lowest BCUT2D eigenvalue weighted by molar-refractivity contribution is -0.139. The minimum absolute atomic E-state index is 0.186. The van der Waals surface area contributed by atoms with Crippen molar-refractivity contribution in [2.45, 2.75) is 0 Å². The molecule has 1 amide bonds. The standard InChI is InChI=1S/C19H13Cl2NO5S2/c1-26-14-5-9(10-3-12(20)7-13(21)4-10)2-11(17(14)27-8-16(23)24)6-15-18(25)22-19(28)29-15/h2-7H,8H2,1H3,(H,23,24)(H,22,25,28). The molecule has 3 rings (SSSR count). The van der Waals surface area contributed by atoms with Gasteiger partial charge in [0.25, 0.3) is 5.91 Å². The summed E-state index contributed by atoms with van der Waals surface area (Å²) in [6.07, 6.45) is 1.56. The van der Waals surface area contributed by atoms with E-state index in [4.69, 9.17) is 50.0 Å². The van der Waals surface area contributed by atoms with Crippen molar-refractivity contribution in [1.82, 2.24) is 5.32 Å². The Balaban J connectivity index is 2.18. The minimum Gasteiger partial charge on any atom is -0.493 e. The monoisotopic (exact) mass is 469 g/mol. The zero-order valence-corrected chi connectivity index (χ0v) is 18.0. The maximum absolute atomic E-state index is 12.1. The number of thiocarbonyl (C=S) groups is 1. The van der Waals surface area contributed by atoms with Crippen molar-refractivity contribution >= 4 is 69.5 Å². The average molecular weight is 470 g/mol. The van der Waals surface area contributed by atoms with Crippen molar-refractivity contribution in [3.05, 3.63) is 50.8 Å². The zero-order valence-electron chi connectivity index (χ0n) is 14.8. The molecule has 0 atom stereocenters. The van der Waals surface area contributed by atoms with Crippen LogP contribution < -0.4 is 14.8 Å². The first-order valence-corrected chi connectivity index (χ1v) is 10.0. The van der Waals surface area contributed by atoms with Crippen molar-refractivity contribution in [2.75, 3.05) is 13.7 Å². The first-order valence-electron chi connectivity index (χ1n) is 8.05. The van der Waals surface area contributed by atoms with E-state index in [0.717, 1.165) is 11.8 Å². The quantitative estimate of drug-likeness (QED) is 0.471. The van der Waals surface area contributed by atoms with Gasteiger partial charge in [-0.1, -0.05) is 47.2 Å². The molecule has 1 fully saturated rings. The molecule has 2 aromatic rings. The van der Waals surface area contributed by atoms with Gasteiger partial charge in [0.15, 0.2) is 18.1 Å². The van der Waals surface area contributed by atoms with Crippen LogP contribution in [0.3, 0.4) is 0 Å². The van der Waals surface area contributed by atoms with Gasteiger partial charge in [-0.2, -0.15) is 0 Å². The largest absolute Gasteiger partial charge is 0.493 e. The third kappa shape index (κ3) is 5.22. The average Bonchev–Trinajstić information content (AvgIpc) is 2.96. The molecule has 6 nitrogen and oxygen atoms in total. The van der Waals surface area contributed by atoms with E-state index in [1.807, 2.05) is 0 Å². The van der Waals surface area contributed by atoms with Gasteiger partial charge in [0.2, 0.25) is 0 Å². The first kappa shape index (κ1) is 21.4. The van der Waals surface area contributed by atoms with Crippen LogP contribution in [-0.4, -0.2) is 35.0 Å². The number of carboxylic acid groups (broad SMARTS) is 1. The van der Waals surface area contributed by atoms with Crippen LogP contribution in [0.1, 0.15) is 5.56 Å². The first-order chi connectivity index (χ1) is 13.8. The van der Waals surface area contributed by atoms with Crippen molar-refractivity contribution < 1.29 is 24.2 Å². The van der Waals surface area contributed by atoms with Crippen LogP contribution in [0.4, 0.5) is 0 Å². The summed E-state index contributed by atoms with van der Waals surface area (Å²) < 4.78 is 11.2. The molecular weight excluding hydrogens is 457 g/mol. The molecule has 2 aromatic carbocycles. The van der Waals surface area contributed by atoms with E-state index in [2.05, 4.69) is 5.32 Å². The van der Waals surface area contributed by atoms with Crippen LogP contribution in [0.15, 0.2) is 35.2 Å². The SMILES string of the molecule is COc1cc(-c2cc(Cl)cc(Cl)c2)cc(C=C2SC(=S)NC2=O)c1OCC(=O)O. The molecule has 0 aliphatic carbocycles.